The fourth-order valence-corrected chi connectivity index (χ4v) is 6.67. The third kappa shape index (κ3) is 8.77. The van der Waals surface area contributed by atoms with Crippen LogP contribution in [0.2, 0.25) is 10.0 Å². The van der Waals surface area contributed by atoms with Crippen LogP contribution in [0.3, 0.4) is 0 Å². The molecule has 46 heavy (non-hydrogen) atoms. The second-order valence-electron chi connectivity index (χ2n) is 10.4. The number of sulfonamides is 1. The lowest BCUT2D eigenvalue weighted by Gasteiger charge is -2.34. The standard InChI is InChI=1S/C33H41Cl2N3O7S/c1-7-22(4)36-33(40)29(8-2)37(20-26-27(34)11-10-12-28(26)35)32(39)21-38(23-13-15-24(16-14-23)45-9-3)46(41,42)25-17-18-30(43-5)31(19-25)44-6/h10-19,22,29H,7-9,20-21H2,1-6H3,(H,36,40)/t22-,29-/m1/s1. The van der Waals surface area contributed by atoms with E-state index in [0.29, 0.717) is 40.1 Å². The molecule has 3 rings (SSSR count). The predicted octanol–water partition coefficient (Wildman–Crippen LogP) is 6.33. The molecule has 0 heterocycles. The molecular formula is C33H41Cl2N3O7S. The second-order valence-corrected chi connectivity index (χ2v) is 13.1. The highest BCUT2D eigenvalue weighted by Crippen LogP contribution is 2.33. The molecule has 0 aliphatic rings. The average molecular weight is 695 g/mol. The Kier molecular flexibility index (Phi) is 13.4. The Balaban J connectivity index is 2.15. The van der Waals surface area contributed by atoms with Gasteiger partial charge in [-0.05, 0) is 75.2 Å². The topological polar surface area (TPSA) is 114 Å². The van der Waals surface area contributed by atoms with Crippen LogP contribution in [-0.2, 0) is 26.2 Å². The fourth-order valence-electron chi connectivity index (χ4n) is 4.72. The summed E-state index contributed by atoms with van der Waals surface area (Å²) in [5, 5.41) is 3.56. The van der Waals surface area contributed by atoms with Crippen molar-refractivity contribution in [3.63, 3.8) is 0 Å². The van der Waals surface area contributed by atoms with Crippen molar-refractivity contribution in [3.05, 3.63) is 76.3 Å². The van der Waals surface area contributed by atoms with Crippen molar-refractivity contribution in [2.24, 2.45) is 0 Å². The number of amides is 2. The van der Waals surface area contributed by atoms with E-state index in [1.54, 1.807) is 49.4 Å². The number of ether oxygens (including phenoxy) is 3. The van der Waals surface area contributed by atoms with Gasteiger partial charge in [-0.2, -0.15) is 0 Å². The number of anilines is 1. The number of hydrogen-bond acceptors (Lipinski definition) is 7. The van der Waals surface area contributed by atoms with Gasteiger partial charge in [0.2, 0.25) is 11.8 Å². The molecule has 0 aromatic heterocycles. The first-order valence-electron chi connectivity index (χ1n) is 14.9. The summed E-state index contributed by atoms with van der Waals surface area (Å²) in [6, 6.07) is 14.4. The summed E-state index contributed by atoms with van der Waals surface area (Å²) in [6.45, 7) is 7.07. The van der Waals surface area contributed by atoms with Gasteiger partial charge in [-0.3, -0.25) is 13.9 Å². The Morgan fingerprint density at radius 3 is 2.07 bits per heavy atom. The molecule has 2 amide bonds. The van der Waals surface area contributed by atoms with Gasteiger partial charge >= 0.3 is 0 Å². The van der Waals surface area contributed by atoms with Crippen LogP contribution >= 0.6 is 23.2 Å². The van der Waals surface area contributed by atoms with Gasteiger partial charge in [-0.1, -0.05) is 43.1 Å². The molecule has 10 nitrogen and oxygen atoms in total. The lowest BCUT2D eigenvalue weighted by atomic mass is 10.1. The molecule has 1 N–H and O–H groups in total. The molecule has 0 aliphatic heterocycles. The molecule has 0 radical (unpaired) electrons. The normalized spacial score (nSPS) is 12.5. The van der Waals surface area contributed by atoms with Gasteiger partial charge in [0.25, 0.3) is 10.0 Å². The van der Waals surface area contributed by atoms with E-state index in [2.05, 4.69) is 5.32 Å². The lowest BCUT2D eigenvalue weighted by Crippen LogP contribution is -2.53. The maximum Gasteiger partial charge on any atom is 0.264 e. The van der Waals surface area contributed by atoms with Crippen LogP contribution in [0.25, 0.3) is 0 Å². The number of benzene rings is 3. The van der Waals surface area contributed by atoms with E-state index in [9.17, 15) is 18.0 Å². The highest BCUT2D eigenvalue weighted by molar-refractivity contribution is 7.92. The van der Waals surface area contributed by atoms with Gasteiger partial charge in [-0.15, -0.1) is 0 Å². The van der Waals surface area contributed by atoms with E-state index in [4.69, 9.17) is 37.4 Å². The van der Waals surface area contributed by atoms with Gasteiger partial charge < -0.3 is 24.4 Å². The monoisotopic (exact) mass is 693 g/mol. The summed E-state index contributed by atoms with van der Waals surface area (Å²) in [7, 11) is -1.53. The van der Waals surface area contributed by atoms with Gasteiger partial charge in [0, 0.05) is 34.3 Å². The highest BCUT2D eigenvalue weighted by atomic mass is 35.5. The number of rotatable bonds is 16. The van der Waals surface area contributed by atoms with Crippen LogP contribution in [0.4, 0.5) is 5.69 Å². The molecular weight excluding hydrogens is 653 g/mol. The molecule has 2 atom stereocenters. The Labute approximate surface area is 281 Å². The van der Waals surface area contributed by atoms with E-state index < -0.39 is 28.5 Å². The third-order valence-electron chi connectivity index (χ3n) is 7.43. The zero-order valence-corrected chi connectivity index (χ0v) is 29.2. The van der Waals surface area contributed by atoms with Crippen molar-refractivity contribution in [2.45, 2.75) is 64.1 Å². The largest absolute Gasteiger partial charge is 0.494 e. The predicted molar refractivity (Wildman–Crippen MR) is 181 cm³/mol. The molecule has 3 aromatic rings. The number of nitrogens with zero attached hydrogens (tertiary/aromatic N) is 2. The maximum absolute atomic E-state index is 14.4. The number of hydrogen-bond donors (Lipinski definition) is 1. The molecule has 0 aliphatic carbocycles. The number of carbonyl (C=O) groups excluding carboxylic acids is 2. The maximum atomic E-state index is 14.4. The van der Waals surface area contributed by atoms with Crippen molar-refractivity contribution < 1.29 is 32.2 Å². The Morgan fingerprint density at radius 1 is 0.891 bits per heavy atom. The van der Waals surface area contributed by atoms with Gasteiger partial charge in [0.1, 0.15) is 18.3 Å². The molecule has 0 saturated carbocycles. The van der Waals surface area contributed by atoms with Crippen molar-refractivity contribution in [2.75, 3.05) is 31.7 Å². The number of halogens is 2. The molecule has 0 bridgehead atoms. The van der Waals surface area contributed by atoms with Crippen LogP contribution in [0.15, 0.2) is 65.6 Å². The number of nitrogens with one attached hydrogen (secondary N) is 1. The summed E-state index contributed by atoms with van der Waals surface area (Å²) in [5.74, 6) is 0.0583. The average Bonchev–Trinajstić information content (AvgIpc) is 3.04. The minimum atomic E-state index is -4.37. The summed E-state index contributed by atoms with van der Waals surface area (Å²) >= 11 is 13.0. The smallest absolute Gasteiger partial charge is 0.264 e. The third-order valence-corrected chi connectivity index (χ3v) is 9.91. The van der Waals surface area contributed by atoms with Crippen LogP contribution < -0.4 is 23.8 Å². The minimum Gasteiger partial charge on any atom is -0.494 e. The fraction of sp³-hybridized carbons (Fsp3) is 0.394. The molecule has 0 saturated heterocycles. The second kappa shape index (κ2) is 16.8. The quantitative estimate of drug-likeness (QED) is 0.187. The first kappa shape index (κ1) is 36.8. The first-order valence-corrected chi connectivity index (χ1v) is 17.1. The minimum absolute atomic E-state index is 0.128. The van der Waals surface area contributed by atoms with Crippen LogP contribution in [0.1, 0.15) is 46.1 Å². The summed E-state index contributed by atoms with van der Waals surface area (Å²) in [4.78, 5) is 29.1. The molecule has 0 fully saturated rings. The summed E-state index contributed by atoms with van der Waals surface area (Å²) in [5.41, 5.74) is 0.642. The van der Waals surface area contributed by atoms with Crippen molar-refractivity contribution in [1.29, 1.82) is 0 Å². The molecule has 13 heteroatoms. The SMILES string of the molecule is CCOc1ccc(N(CC(=O)N(Cc2c(Cl)cccc2Cl)[C@H](CC)C(=O)N[C@H](C)CC)S(=O)(=O)c2ccc(OC)c(OC)c2)cc1. The van der Waals surface area contributed by atoms with Gasteiger partial charge in [0.15, 0.2) is 11.5 Å². The molecule has 0 unspecified atom stereocenters. The van der Waals surface area contributed by atoms with Crippen LogP contribution in [-0.4, -0.2) is 64.6 Å². The lowest BCUT2D eigenvalue weighted by molar-refractivity contribution is -0.140. The first-order chi connectivity index (χ1) is 21.9. The molecule has 0 spiro atoms. The highest BCUT2D eigenvalue weighted by Gasteiger charge is 2.35. The number of carbonyl (C=O) groups is 2. The van der Waals surface area contributed by atoms with Crippen molar-refractivity contribution >= 4 is 50.7 Å². The van der Waals surface area contributed by atoms with E-state index in [1.807, 2.05) is 20.8 Å². The van der Waals surface area contributed by atoms with Crippen molar-refractivity contribution in [1.82, 2.24) is 10.2 Å². The summed E-state index contributed by atoms with van der Waals surface area (Å²) in [6.07, 6.45) is 0.934. The molecule has 3 aromatic carbocycles. The van der Waals surface area contributed by atoms with E-state index in [1.165, 1.54) is 37.3 Å². The Bertz CT molecular complexity index is 1580. The van der Waals surface area contributed by atoms with E-state index in [-0.39, 0.29) is 41.2 Å². The Morgan fingerprint density at radius 2 is 1.52 bits per heavy atom. The van der Waals surface area contributed by atoms with E-state index >= 15 is 0 Å². The summed E-state index contributed by atoms with van der Waals surface area (Å²) < 4.78 is 45.8. The van der Waals surface area contributed by atoms with Crippen LogP contribution in [0.5, 0.6) is 17.2 Å². The van der Waals surface area contributed by atoms with Crippen molar-refractivity contribution in [3.8, 4) is 17.2 Å². The van der Waals surface area contributed by atoms with Gasteiger partial charge in [-0.25, -0.2) is 8.42 Å². The Hall–Kier alpha value is -3.67. The zero-order valence-electron chi connectivity index (χ0n) is 26.9. The zero-order chi connectivity index (χ0) is 34.0. The van der Waals surface area contributed by atoms with E-state index in [0.717, 1.165) is 4.31 Å². The van der Waals surface area contributed by atoms with Gasteiger partial charge in [0.05, 0.1) is 31.4 Å². The number of methoxy groups -OCH3 is 2. The van der Waals surface area contributed by atoms with Crippen LogP contribution in [0, 0.1) is 0 Å². The molecule has 250 valence electrons.